The first-order chi connectivity index (χ1) is 7.92. The topological polar surface area (TPSA) is 77.5 Å². The zero-order valence-corrected chi connectivity index (χ0v) is 10.5. The van der Waals surface area contributed by atoms with Crippen LogP contribution in [-0.4, -0.2) is 24.8 Å². The molecule has 0 radical (unpaired) electrons. The van der Waals surface area contributed by atoms with E-state index in [1.807, 2.05) is 26.8 Å². The Balaban J connectivity index is 2.41. The maximum Gasteiger partial charge on any atom is 0.407 e. The largest absolute Gasteiger partial charge is 0.469 e. The molecule has 1 heterocycles. The minimum absolute atomic E-state index is 0.0301. The minimum Gasteiger partial charge on any atom is -0.469 e. The van der Waals surface area contributed by atoms with Gasteiger partial charge in [-0.1, -0.05) is 0 Å². The lowest BCUT2D eigenvalue weighted by atomic mass is 10.1. The van der Waals surface area contributed by atoms with Crippen molar-refractivity contribution >= 4 is 6.09 Å². The van der Waals surface area contributed by atoms with E-state index < -0.39 is 11.7 Å². The summed E-state index contributed by atoms with van der Waals surface area (Å²) >= 11 is 0. The molecule has 3 N–H and O–H groups in total. The highest BCUT2D eigenvalue weighted by Gasteiger charge is 2.18. The SMILES string of the molecule is CC(C)(C)OC(=O)NCC(CN)c1ccco1. The quantitative estimate of drug-likeness (QED) is 0.842. The van der Waals surface area contributed by atoms with Crippen molar-refractivity contribution < 1.29 is 13.9 Å². The third-order valence-corrected chi connectivity index (χ3v) is 2.12. The molecule has 1 aromatic rings. The van der Waals surface area contributed by atoms with E-state index in [-0.39, 0.29) is 5.92 Å². The predicted octanol–water partition coefficient (Wildman–Crippen LogP) is 1.85. The molecule has 5 heteroatoms. The number of ether oxygens (including phenoxy) is 1. The maximum absolute atomic E-state index is 11.4. The average Bonchev–Trinajstić information content (AvgIpc) is 2.69. The van der Waals surface area contributed by atoms with E-state index in [0.29, 0.717) is 13.1 Å². The van der Waals surface area contributed by atoms with Gasteiger partial charge in [0.05, 0.1) is 6.26 Å². The zero-order valence-electron chi connectivity index (χ0n) is 10.5. The van der Waals surface area contributed by atoms with Crippen LogP contribution in [0.25, 0.3) is 0 Å². The normalized spacial score (nSPS) is 13.2. The lowest BCUT2D eigenvalue weighted by molar-refractivity contribution is 0.0524. The van der Waals surface area contributed by atoms with Crippen LogP contribution < -0.4 is 11.1 Å². The molecule has 5 nitrogen and oxygen atoms in total. The highest BCUT2D eigenvalue weighted by atomic mass is 16.6. The van der Waals surface area contributed by atoms with Crippen molar-refractivity contribution in [3.8, 4) is 0 Å². The van der Waals surface area contributed by atoms with Gasteiger partial charge in [0.25, 0.3) is 0 Å². The summed E-state index contributed by atoms with van der Waals surface area (Å²) in [5.74, 6) is 0.737. The number of furan rings is 1. The summed E-state index contributed by atoms with van der Waals surface area (Å²) in [4.78, 5) is 11.4. The second-order valence-electron chi connectivity index (χ2n) is 4.83. The van der Waals surface area contributed by atoms with Crippen molar-refractivity contribution in [1.82, 2.24) is 5.32 Å². The summed E-state index contributed by atoms with van der Waals surface area (Å²) < 4.78 is 10.4. The number of hydrogen-bond donors (Lipinski definition) is 2. The van der Waals surface area contributed by atoms with Gasteiger partial charge in [-0.15, -0.1) is 0 Å². The van der Waals surface area contributed by atoms with Crippen LogP contribution in [0.4, 0.5) is 4.79 Å². The van der Waals surface area contributed by atoms with Crippen LogP contribution in [0.5, 0.6) is 0 Å². The summed E-state index contributed by atoms with van der Waals surface area (Å²) in [5.41, 5.74) is 5.13. The number of amides is 1. The van der Waals surface area contributed by atoms with Crippen molar-refractivity contribution in [2.75, 3.05) is 13.1 Å². The molecule has 0 aliphatic rings. The molecule has 0 saturated heterocycles. The average molecular weight is 240 g/mol. The van der Waals surface area contributed by atoms with Crippen molar-refractivity contribution in [2.45, 2.75) is 32.3 Å². The van der Waals surface area contributed by atoms with E-state index in [1.165, 1.54) is 0 Å². The van der Waals surface area contributed by atoms with Crippen LogP contribution in [0, 0.1) is 0 Å². The molecule has 17 heavy (non-hydrogen) atoms. The van der Waals surface area contributed by atoms with E-state index in [4.69, 9.17) is 14.9 Å². The third kappa shape index (κ3) is 4.91. The molecular weight excluding hydrogens is 220 g/mol. The number of hydrogen-bond acceptors (Lipinski definition) is 4. The standard InChI is InChI=1S/C12H20N2O3/c1-12(2,3)17-11(15)14-8-9(7-13)10-5-4-6-16-10/h4-6,9H,7-8,13H2,1-3H3,(H,14,15). The van der Waals surface area contributed by atoms with Gasteiger partial charge in [0, 0.05) is 19.0 Å². The predicted molar refractivity (Wildman–Crippen MR) is 64.7 cm³/mol. The van der Waals surface area contributed by atoms with Gasteiger partial charge >= 0.3 is 6.09 Å². The molecule has 1 rings (SSSR count). The van der Waals surface area contributed by atoms with Gasteiger partial charge in [0.2, 0.25) is 0 Å². The summed E-state index contributed by atoms with van der Waals surface area (Å²) in [6.07, 6.45) is 1.15. The summed E-state index contributed by atoms with van der Waals surface area (Å²) in [5, 5.41) is 2.68. The number of nitrogens with two attached hydrogens (primary N) is 1. The first kappa shape index (κ1) is 13.6. The smallest absolute Gasteiger partial charge is 0.407 e. The Kier molecular flexibility index (Phi) is 4.57. The van der Waals surface area contributed by atoms with E-state index in [9.17, 15) is 4.79 Å². The van der Waals surface area contributed by atoms with Crippen molar-refractivity contribution in [3.05, 3.63) is 24.2 Å². The van der Waals surface area contributed by atoms with Crippen molar-refractivity contribution in [1.29, 1.82) is 0 Å². The highest BCUT2D eigenvalue weighted by molar-refractivity contribution is 5.67. The molecule has 96 valence electrons. The Hall–Kier alpha value is -1.49. The number of nitrogens with one attached hydrogen (secondary N) is 1. The Bertz CT molecular complexity index is 341. The van der Waals surface area contributed by atoms with Crippen LogP contribution >= 0.6 is 0 Å². The molecule has 1 amide bonds. The Morgan fingerprint density at radius 3 is 2.76 bits per heavy atom. The lowest BCUT2D eigenvalue weighted by Gasteiger charge is -2.21. The Morgan fingerprint density at radius 2 is 2.29 bits per heavy atom. The fourth-order valence-corrected chi connectivity index (χ4v) is 1.34. The zero-order chi connectivity index (χ0) is 12.9. The number of alkyl carbamates (subject to hydrolysis) is 1. The fourth-order valence-electron chi connectivity index (χ4n) is 1.34. The van der Waals surface area contributed by atoms with Crippen LogP contribution in [0.2, 0.25) is 0 Å². The molecule has 0 aliphatic heterocycles. The van der Waals surface area contributed by atoms with Crippen molar-refractivity contribution in [3.63, 3.8) is 0 Å². The first-order valence-electron chi connectivity index (χ1n) is 5.62. The summed E-state index contributed by atoms with van der Waals surface area (Å²) in [6, 6.07) is 3.64. The van der Waals surface area contributed by atoms with Crippen LogP contribution in [0.3, 0.4) is 0 Å². The van der Waals surface area contributed by atoms with Gasteiger partial charge in [-0.2, -0.15) is 0 Å². The Labute approximate surface area is 101 Å². The van der Waals surface area contributed by atoms with Crippen molar-refractivity contribution in [2.24, 2.45) is 5.73 Å². The number of rotatable bonds is 4. The number of carbonyl (C=O) groups excluding carboxylic acids is 1. The monoisotopic (exact) mass is 240 g/mol. The minimum atomic E-state index is -0.493. The molecular formula is C12H20N2O3. The molecule has 0 spiro atoms. The maximum atomic E-state index is 11.4. The molecule has 0 saturated carbocycles. The van der Waals surface area contributed by atoms with Crippen LogP contribution in [-0.2, 0) is 4.74 Å². The molecule has 0 aliphatic carbocycles. The highest BCUT2D eigenvalue weighted by Crippen LogP contribution is 2.14. The van der Waals surface area contributed by atoms with E-state index in [1.54, 1.807) is 12.3 Å². The molecule has 1 atom stereocenters. The Morgan fingerprint density at radius 1 is 1.59 bits per heavy atom. The molecule has 0 fully saturated rings. The summed E-state index contributed by atoms with van der Waals surface area (Å²) in [7, 11) is 0. The first-order valence-corrected chi connectivity index (χ1v) is 5.62. The van der Waals surface area contributed by atoms with Gasteiger partial charge in [0.1, 0.15) is 11.4 Å². The van der Waals surface area contributed by atoms with Gasteiger partial charge in [0.15, 0.2) is 0 Å². The fraction of sp³-hybridized carbons (Fsp3) is 0.583. The third-order valence-electron chi connectivity index (χ3n) is 2.12. The van der Waals surface area contributed by atoms with Gasteiger partial charge in [-0.3, -0.25) is 0 Å². The number of carbonyl (C=O) groups is 1. The molecule has 0 aromatic carbocycles. The molecule has 1 unspecified atom stereocenters. The van der Waals surface area contributed by atoms with Gasteiger partial charge in [-0.05, 0) is 32.9 Å². The second kappa shape index (κ2) is 5.72. The van der Waals surface area contributed by atoms with Crippen LogP contribution in [0.1, 0.15) is 32.4 Å². The van der Waals surface area contributed by atoms with E-state index >= 15 is 0 Å². The van der Waals surface area contributed by atoms with Crippen LogP contribution in [0.15, 0.2) is 22.8 Å². The van der Waals surface area contributed by atoms with E-state index in [2.05, 4.69) is 5.32 Å². The lowest BCUT2D eigenvalue weighted by Crippen LogP contribution is -2.36. The summed E-state index contributed by atoms with van der Waals surface area (Å²) in [6.45, 7) is 6.26. The van der Waals surface area contributed by atoms with Gasteiger partial charge in [-0.25, -0.2) is 4.79 Å². The van der Waals surface area contributed by atoms with Gasteiger partial charge < -0.3 is 20.2 Å². The van der Waals surface area contributed by atoms with E-state index in [0.717, 1.165) is 5.76 Å². The molecule has 0 bridgehead atoms. The second-order valence-corrected chi connectivity index (χ2v) is 4.83. The molecule has 1 aromatic heterocycles.